The third kappa shape index (κ3) is 3.21. The SMILES string of the molecule is Cc1csc(C)c1-c1c(C(N)=NO)cc(Cl)cc1-c1ccc(O)cc1. The van der Waals surface area contributed by atoms with E-state index in [9.17, 15) is 10.3 Å². The number of amidine groups is 1. The number of nitrogens with zero attached hydrogens (tertiary/aromatic N) is 1. The molecular weight excluding hydrogens is 356 g/mol. The molecule has 0 atom stereocenters. The molecule has 1 heterocycles. The third-order valence-electron chi connectivity index (χ3n) is 4.07. The van der Waals surface area contributed by atoms with Crippen molar-refractivity contribution in [2.75, 3.05) is 0 Å². The molecule has 0 bridgehead atoms. The van der Waals surface area contributed by atoms with Crippen LogP contribution in [-0.4, -0.2) is 16.1 Å². The summed E-state index contributed by atoms with van der Waals surface area (Å²) in [6.45, 7) is 4.07. The molecule has 4 nitrogen and oxygen atoms in total. The van der Waals surface area contributed by atoms with Crippen molar-refractivity contribution < 1.29 is 10.3 Å². The van der Waals surface area contributed by atoms with E-state index >= 15 is 0 Å². The fourth-order valence-electron chi connectivity index (χ4n) is 2.95. The molecule has 25 heavy (non-hydrogen) atoms. The van der Waals surface area contributed by atoms with Crippen LogP contribution in [0.1, 0.15) is 16.0 Å². The van der Waals surface area contributed by atoms with E-state index < -0.39 is 0 Å². The number of oxime groups is 1. The zero-order chi connectivity index (χ0) is 18.1. The first-order valence-electron chi connectivity index (χ1n) is 7.58. The van der Waals surface area contributed by atoms with Gasteiger partial charge in [-0.3, -0.25) is 0 Å². The first-order chi connectivity index (χ1) is 11.9. The summed E-state index contributed by atoms with van der Waals surface area (Å²) in [7, 11) is 0. The quantitative estimate of drug-likeness (QED) is 0.257. The maximum absolute atomic E-state index is 9.58. The minimum atomic E-state index is 0.00234. The second-order valence-corrected chi connectivity index (χ2v) is 7.28. The summed E-state index contributed by atoms with van der Waals surface area (Å²) in [6, 6.07) is 10.4. The molecule has 1 aromatic heterocycles. The lowest BCUT2D eigenvalue weighted by Gasteiger charge is -2.17. The number of benzene rings is 2. The van der Waals surface area contributed by atoms with Crippen molar-refractivity contribution in [3.05, 3.63) is 62.8 Å². The first-order valence-corrected chi connectivity index (χ1v) is 8.84. The highest BCUT2D eigenvalue weighted by atomic mass is 35.5. The van der Waals surface area contributed by atoms with Gasteiger partial charge >= 0.3 is 0 Å². The first kappa shape index (κ1) is 17.3. The molecule has 3 rings (SSSR count). The second kappa shape index (κ2) is 6.78. The summed E-state index contributed by atoms with van der Waals surface area (Å²) in [4.78, 5) is 1.13. The van der Waals surface area contributed by atoms with Crippen LogP contribution in [0.15, 0.2) is 46.9 Å². The van der Waals surface area contributed by atoms with Crippen molar-refractivity contribution in [2.24, 2.45) is 10.9 Å². The molecule has 128 valence electrons. The minimum Gasteiger partial charge on any atom is -0.508 e. The van der Waals surface area contributed by atoms with Gasteiger partial charge in [0.2, 0.25) is 0 Å². The maximum atomic E-state index is 9.58. The van der Waals surface area contributed by atoms with E-state index in [0.29, 0.717) is 10.6 Å². The van der Waals surface area contributed by atoms with Crippen LogP contribution >= 0.6 is 22.9 Å². The summed E-state index contributed by atoms with van der Waals surface area (Å²) in [5.74, 6) is 0.189. The fourth-order valence-corrected chi connectivity index (χ4v) is 4.02. The van der Waals surface area contributed by atoms with Crippen molar-refractivity contribution in [2.45, 2.75) is 13.8 Å². The highest BCUT2D eigenvalue weighted by molar-refractivity contribution is 7.10. The van der Waals surface area contributed by atoms with E-state index in [4.69, 9.17) is 17.3 Å². The van der Waals surface area contributed by atoms with Crippen LogP contribution in [0.5, 0.6) is 5.75 Å². The molecule has 0 spiro atoms. The van der Waals surface area contributed by atoms with E-state index in [-0.39, 0.29) is 11.6 Å². The van der Waals surface area contributed by atoms with Gasteiger partial charge in [-0.2, -0.15) is 0 Å². The van der Waals surface area contributed by atoms with Gasteiger partial charge < -0.3 is 16.0 Å². The molecule has 0 saturated carbocycles. The van der Waals surface area contributed by atoms with Crippen LogP contribution in [0.2, 0.25) is 5.02 Å². The van der Waals surface area contributed by atoms with Gasteiger partial charge in [-0.15, -0.1) is 11.3 Å². The molecule has 0 amide bonds. The molecule has 3 aromatic rings. The number of nitrogens with two attached hydrogens (primary N) is 1. The summed E-state index contributed by atoms with van der Waals surface area (Å²) in [5, 5.41) is 24.6. The number of halogens is 1. The Morgan fingerprint density at radius 3 is 2.36 bits per heavy atom. The average molecular weight is 373 g/mol. The molecule has 0 fully saturated rings. The number of phenols is 1. The van der Waals surface area contributed by atoms with Gasteiger partial charge in [-0.05, 0) is 65.7 Å². The fraction of sp³-hybridized carbons (Fsp3) is 0.105. The number of aryl methyl sites for hydroxylation is 2. The van der Waals surface area contributed by atoms with Crippen LogP contribution in [0.3, 0.4) is 0 Å². The Bertz CT molecular complexity index is 943. The molecule has 0 radical (unpaired) electrons. The Morgan fingerprint density at radius 2 is 1.80 bits per heavy atom. The lowest BCUT2D eigenvalue weighted by molar-refractivity contribution is 0.318. The maximum Gasteiger partial charge on any atom is 0.170 e. The van der Waals surface area contributed by atoms with E-state index in [1.165, 1.54) is 0 Å². The van der Waals surface area contributed by atoms with E-state index in [0.717, 1.165) is 32.7 Å². The third-order valence-corrected chi connectivity index (χ3v) is 5.32. The molecule has 6 heteroatoms. The summed E-state index contributed by atoms with van der Waals surface area (Å²) in [5.41, 5.74) is 11.3. The summed E-state index contributed by atoms with van der Waals surface area (Å²) in [6.07, 6.45) is 0. The zero-order valence-electron chi connectivity index (χ0n) is 13.7. The molecule has 0 aliphatic carbocycles. The van der Waals surface area contributed by atoms with Crippen molar-refractivity contribution in [1.82, 2.24) is 0 Å². The van der Waals surface area contributed by atoms with Gasteiger partial charge in [-0.1, -0.05) is 28.9 Å². The molecule has 0 saturated heterocycles. The number of thiophene rings is 1. The highest BCUT2D eigenvalue weighted by Crippen LogP contribution is 2.42. The van der Waals surface area contributed by atoms with Gasteiger partial charge in [0.1, 0.15) is 5.75 Å². The number of hydrogen-bond donors (Lipinski definition) is 3. The van der Waals surface area contributed by atoms with Gasteiger partial charge in [0.15, 0.2) is 5.84 Å². The van der Waals surface area contributed by atoms with Crippen LogP contribution in [0.4, 0.5) is 0 Å². The molecule has 0 aliphatic heterocycles. The van der Waals surface area contributed by atoms with E-state index in [1.807, 2.05) is 32.0 Å². The second-order valence-electron chi connectivity index (χ2n) is 5.76. The number of hydrogen-bond acceptors (Lipinski definition) is 4. The van der Waals surface area contributed by atoms with Gasteiger partial charge in [0, 0.05) is 21.0 Å². The van der Waals surface area contributed by atoms with Crippen LogP contribution in [0, 0.1) is 13.8 Å². The van der Waals surface area contributed by atoms with Crippen molar-refractivity contribution in [3.63, 3.8) is 0 Å². The molecule has 0 unspecified atom stereocenters. The van der Waals surface area contributed by atoms with E-state index in [2.05, 4.69) is 10.5 Å². The smallest absolute Gasteiger partial charge is 0.170 e. The van der Waals surface area contributed by atoms with E-state index in [1.54, 1.807) is 29.5 Å². The Labute approximate surface area is 154 Å². The van der Waals surface area contributed by atoms with Crippen molar-refractivity contribution >= 4 is 28.8 Å². The summed E-state index contributed by atoms with van der Waals surface area (Å²) >= 11 is 7.95. The van der Waals surface area contributed by atoms with Crippen molar-refractivity contribution in [1.29, 1.82) is 0 Å². The lowest BCUT2D eigenvalue weighted by Crippen LogP contribution is -2.15. The topological polar surface area (TPSA) is 78.8 Å². The average Bonchev–Trinajstić information content (AvgIpc) is 2.93. The van der Waals surface area contributed by atoms with Gasteiger partial charge in [0.05, 0.1) is 0 Å². The van der Waals surface area contributed by atoms with Gasteiger partial charge in [0.25, 0.3) is 0 Å². The lowest BCUT2D eigenvalue weighted by atomic mass is 9.88. The predicted molar refractivity (Wildman–Crippen MR) is 104 cm³/mol. The Kier molecular flexibility index (Phi) is 4.70. The van der Waals surface area contributed by atoms with Crippen molar-refractivity contribution in [3.8, 4) is 28.0 Å². The van der Waals surface area contributed by atoms with Crippen LogP contribution in [0.25, 0.3) is 22.3 Å². The standard InChI is InChI=1S/C19H17ClN2O2S/c1-10-9-25-11(2)17(10)18-15(12-3-5-14(23)6-4-12)7-13(20)8-16(18)19(21)22-24/h3-9,23-24H,1-2H3,(H2,21,22). The predicted octanol–water partition coefficient (Wildman–Crippen LogP) is 5.15. The van der Waals surface area contributed by atoms with Crippen LogP contribution < -0.4 is 5.73 Å². The van der Waals surface area contributed by atoms with Gasteiger partial charge in [-0.25, -0.2) is 0 Å². The minimum absolute atomic E-state index is 0.00234. The van der Waals surface area contributed by atoms with Crippen LogP contribution in [-0.2, 0) is 0 Å². The highest BCUT2D eigenvalue weighted by Gasteiger charge is 2.20. The summed E-state index contributed by atoms with van der Waals surface area (Å²) < 4.78 is 0. The normalized spacial score (nSPS) is 11.7. The zero-order valence-corrected chi connectivity index (χ0v) is 15.3. The number of aromatic hydroxyl groups is 1. The largest absolute Gasteiger partial charge is 0.508 e. The molecule has 0 aliphatic rings. The molecule has 4 N–H and O–H groups in total. The number of rotatable bonds is 3. The Hall–Kier alpha value is -2.50. The number of phenolic OH excluding ortho intramolecular Hbond substituents is 1. The molecule has 2 aromatic carbocycles. The molecular formula is C19H17ClN2O2S. The monoisotopic (exact) mass is 372 g/mol. The Balaban J connectivity index is 2.42. The Morgan fingerprint density at radius 1 is 1.12 bits per heavy atom.